The summed E-state index contributed by atoms with van der Waals surface area (Å²) in [7, 11) is 0. The molecule has 2 aliphatic carbocycles. The number of thiophene rings is 1. The number of pyridine rings is 1. The molecule has 3 aromatic rings. The highest BCUT2D eigenvalue weighted by molar-refractivity contribution is 7.13. The van der Waals surface area contributed by atoms with Crippen LogP contribution in [0.25, 0.3) is 21.5 Å². The molecule has 4 atom stereocenters. The first-order valence-electron chi connectivity index (χ1n) is 9.93. The minimum absolute atomic E-state index is 0.0293. The quantitative estimate of drug-likeness (QED) is 0.651. The molecule has 2 saturated carbocycles. The van der Waals surface area contributed by atoms with Crippen LogP contribution in [0.3, 0.4) is 0 Å². The lowest BCUT2D eigenvalue weighted by Gasteiger charge is -2.28. The van der Waals surface area contributed by atoms with E-state index in [0.717, 1.165) is 38.9 Å². The van der Waals surface area contributed by atoms with E-state index in [1.54, 1.807) is 11.3 Å². The van der Waals surface area contributed by atoms with E-state index >= 15 is 0 Å². The molecule has 0 unspecified atom stereocenters. The number of para-hydroxylation sites is 1. The SMILES string of the molecule is C[C@H](NC(=O)c1cc(-c2cccs2)nc2ccccc12)[C@H]1C[C@@H]2CC[C@H]1C2. The van der Waals surface area contributed by atoms with Crippen molar-refractivity contribution in [3.8, 4) is 10.6 Å². The van der Waals surface area contributed by atoms with E-state index in [9.17, 15) is 4.79 Å². The number of benzene rings is 1. The van der Waals surface area contributed by atoms with Crippen molar-refractivity contribution in [3.63, 3.8) is 0 Å². The third kappa shape index (κ3) is 3.06. The van der Waals surface area contributed by atoms with Crippen molar-refractivity contribution in [2.24, 2.45) is 17.8 Å². The van der Waals surface area contributed by atoms with E-state index in [1.165, 1.54) is 25.7 Å². The number of nitrogens with one attached hydrogen (secondary N) is 1. The lowest BCUT2D eigenvalue weighted by Crippen LogP contribution is -2.40. The van der Waals surface area contributed by atoms with Gasteiger partial charge in [0.15, 0.2) is 0 Å². The van der Waals surface area contributed by atoms with Gasteiger partial charge in [0.2, 0.25) is 0 Å². The third-order valence-electron chi connectivity index (χ3n) is 6.53. The summed E-state index contributed by atoms with van der Waals surface area (Å²) < 4.78 is 0. The van der Waals surface area contributed by atoms with Gasteiger partial charge in [-0.15, -0.1) is 11.3 Å². The van der Waals surface area contributed by atoms with Crippen molar-refractivity contribution in [2.45, 2.75) is 38.6 Å². The first-order chi connectivity index (χ1) is 13.2. The molecule has 2 fully saturated rings. The molecular formula is C23H24N2OS. The molecular weight excluding hydrogens is 352 g/mol. The minimum atomic E-state index is 0.0293. The summed E-state index contributed by atoms with van der Waals surface area (Å²) in [6, 6.07) is 14.2. The van der Waals surface area contributed by atoms with Crippen LogP contribution in [-0.4, -0.2) is 16.9 Å². The third-order valence-corrected chi connectivity index (χ3v) is 7.42. The van der Waals surface area contributed by atoms with Crippen LogP contribution < -0.4 is 5.32 Å². The molecule has 2 bridgehead atoms. The van der Waals surface area contributed by atoms with Crippen LogP contribution in [0, 0.1) is 17.8 Å². The number of carbonyl (C=O) groups is 1. The maximum absolute atomic E-state index is 13.2. The summed E-state index contributed by atoms with van der Waals surface area (Å²) >= 11 is 1.65. The predicted molar refractivity (Wildman–Crippen MR) is 111 cm³/mol. The van der Waals surface area contributed by atoms with Crippen LogP contribution in [-0.2, 0) is 0 Å². The topological polar surface area (TPSA) is 42.0 Å². The van der Waals surface area contributed by atoms with Gasteiger partial charge in [-0.05, 0) is 67.5 Å². The second-order valence-corrected chi connectivity index (χ2v) is 9.10. The van der Waals surface area contributed by atoms with E-state index in [4.69, 9.17) is 4.98 Å². The normalized spacial score (nSPS) is 25.0. The molecule has 0 spiro atoms. The number of rotatable bonds is 4. The number of amides is 1. The Morgan fingerprint density at radius 3 is 2.81 bits per heavy atom. The Morgan fingerprint density at radius 2 is 2.07 bits per heavy atom. The van der Waals surface area contributed by atoms with Crippen LogP contribution in [0.5, 0.6) is 0 Å². The molecule has 1 amide bonds. The molecule has 0 saturated heterocycles. The molecule has 3 nitrogen and oxygen atoms in total. The summed E-state index contributed by atoms with van der Waals surface area (Å²) in [4.78, 5) is 19.1. The van der Waals surface area contributed by atoms with Gasteiger partial charge in [0.25, 0.3) is 5.91 Å². The Bertz CT molecular complexity index is 981. The Hall–Kier alpha value is -2.20. The summed E-state index contributed by atoms with van der Waals surface area (Å²) in [5, 5.41) is 6.30. The first kappa shape index (κ1) is 16.9. The van der Waals surface area contributed by atoms with E-state index in [0.29, 0.717) is 5.92 Å². The lowest BCUT2D eigenvalue weighted by atomic mass is 9.84. The highest BCUT2D eigenvalue weighted by Crippen LogP contribution is 2.49. The zero-order valence-corrected chi connectivity index (χ0v) is 16.3. The van der Waals surface area contributed by atoms with Gasteiger partial charge < -0.3 is 5.32 Å². The van der Waals surface area contributed by atoms with Crippen molar-refractivity contribution in [1.82, 2.24) is 10.3 Å². The zero-order valence-electron chi connectivity index (χ0n) is 15.5. The molecule has 2 heterocycles. The molecule has 5 rings (SSSR count). The van der Waals surface area contributed by atoms with Gasteiger partial charge in [-0.1, -0.05) is 30.7 Å². The molecule has 0 radical (unpaired) electrons. The van der Waals surface area contributed by atoms with Gasteiger partial charge in [0.1, 0.15) is 0 Å². The molecule has 2 aliphatic rings. The lowest BCUT2D eigenvalue weighted by molar-refractivity contribution is 0.0917. The molecule has 27 heavy (non-hydrogen) atoms. The Balaban J connectivity index is 1.47. The van der Waals surface area contributed by atoms with E-state index in [2.05, 4.69) is 18.3 Å². The maximum atomic E-state index is 13.2. The summed E-state index contributed by atoms with van der Waals surface area (Å²) in [5.41, 5.74) is 2.49. The van der Waals surface area contributed by atoms with E-state index < -0.39 is 0 Å². The van der Waals surface area contributed by atoms with Crippen LogP contribution >= 0.6 is 11.3 Å². The zero-order chi connectivity index (χ0) is 18.4. The molecule has 0 aliphatic heterocycles. The van der Waals surface area contributed by atoms with Gasteiger partial charge in [-0.25, -0.2) is 4.98 Å². The van der Waals surface area contributed by atoms with Crippen LogP contribution in [0.2, 0.25) is 0 Å². The number of aromatic nitrogens is 1. The molecule has 4 heteroatoms. The van der Waals surface area contributed by atoms with E-state index in [-0.39, 0.29) is 11.9 Å². The van der Waals surface area contributed by atoms with E-state index in [1.807, 2.05) is 41.8 Å². The number of hydrogen-bond acceptors (Lipinski definition) is 3. The molecule has 1 aromatic carbocycles. The Morgan fingerprint density at radius 1 is 1.19 bits per heavy atom. The highest BCUT2D eigenvalue weighted by atomic mass is 32.1. The smallest absolute Gasteiger partial charge is 0.252 e. The summed E-state index contributed by atoms with van der Waals surface area (Å²) in [5.74, 6) is 2.37. The highest BCUT2D eigenvalue weighted by Gasteiger charge is 2.42. The molecule has 1 N–H and O–H groups in total. The maximum Gasteiger partial charge on any atom is 0.252 e. The monoisotopic (exact) mass is 376 g/mol. The largest absolute Gasteiger partial charge is 0.349 e. The minimum Gasteiger partial charge on any atom is -0.349 e. The van der Waals surface area contributed by atoms with Gasteiger partial charge >= 0.3 is 0 Å². The number of fused-ring (bicyclic) bond motifs is 3. The van der Waals surface area contributed by atoms with Crippen LogP contribution in [0.15, 0.2) is 47.8 Å². The average molecular weight is 377 g/mol. The summed E-state index contributed by atoms with van der Waals surface area (Å²) in [6.45, 7) is 2.19. The number of hydrogen-bond donors (Lipinski definition) is 1. The fourth-order valence-electron chi connectivity index (χ4n) is 5.21. The fourth-order valence-corrected chi connectivity index (χ4v) is 5.90. The average Bonchev–Trinajstić information content (AvgIpc) is 3.44. The first-order valence-corrected chi connectivity index (χ1v) is 10.8. The van der Waals surface area contributed by atoms with Crippen molar-refractivity contribution in [2.75, 3.05) is 0 Å². The second-order valence-electron chi connectivity index (χ2n) is 8.15. The number of nitrogens with zero attached hydrogens (tertiary/aromatic N) is 1. The predicted octanol–water partition coefficient (Wildman–Crippen LogP) is 5.52. The van der Waals surface area contributed by atoms with Crippen molar-refractivity contribution in [3.05, 3.63) is 53.4 Å². The van der Waals surface area contributed by atoms with Crippen LogP contribution in [0.1, 0.15) is 43.0 Å². The summed E-state index contributed by atoms with van der Waals surface area (Å²) in [6.07, 6.45) is 5.38. The van der Waals surface area contributed by atoms with Crippen molar-refractivity contribution in [1.29, 1.82) is 0 Å². The fraction of sp³-hybridized carbons (Fsp3) is 0.391. The van der Waals surface area contributed by atoms with Crippen LogP contribution in [0.4, 0.5) is 0 Å². The molecule has 138 valence electrons. The van der Waals surface area contributed by atoms with Gasteiger partial charge in [0, 0.05) is 11.4 Å². The van der Waals surface area contributed by atoms with Gasteiger partial charge in [-0.2, -0.15) is 0 Å². The van der Waals surface area contributed by atoms with Crippen molar-refractivity contribution < 1.29 is 4.79 Å². The van der Waals surface area contributed by atoms with Crippen molar-refractivity contribution >= 4 is 28.1 Å². The standard InChI is InChI=1S/C23H24N2OS/c1-14(18-12-15-8-9-16(18)11-15)24-23(26)19-13-21(22-7-4-10-27-22)25-20-6-3-2-5-17(19)20/h2-7,10,13-16,18H,8-9,11-12H2,1H3,(H,24,26)/t14-,15+,16-,18+/m0/s1. The van der Waals surface area contributed by atoms with Gasteiger partial charge in [0.05, 0.1) is 21.7 Å². The number of carbonyl (C=O) groups excluding carboxylic acids is 1. The molecule has 2 aromatic heterocycles. The Kier molecular flexibility index (Phi) is 4.24. The Labute approximate surface area is 163 Å². The van der Waals surface area contributed by atoms with Gasteiger partial charge in [-0.3, -0.25) is 4.79 Å². The second kappa shape index (κ2) is 6.75.